The molecular formula is C16H23BF3NO5S. The number of hydrogen-bond acceptors (Lipinski definition) is 5. The smallest absolute Gasteiger partial charge is 0.484 e. The molecule has 1 aliphatic heterocycles. The molecule has 0 unspecified atom stereocenters. The van der Waals surface area contributed by atoms with Crippen LogP contribution in [0.25, 0.3) is 0 Å². The maximum absolute atomic E-state index is 12.6. The van der Waals surface area contributed by atoms with Crippen LogP contribution in [-0.4, -0.2) is 45.3 Å². The van der Waals surface area contributed by atoms with Crippen molar-refractivity contribution in [2.45, 2.75) is 52.0 Å². The lowest BCUT2D eigenvalue weighted by Crippen LogP contribution is -2.41. The second-order valence-corrected chi connectivity index (χ2v) is 9.26. The van der Waals surface area contributed by atoms with Gasteiger partial charge in [-0.1, -0.05) is 0 Å². The Morgan fingerprint density at radius 2 is 1.70 bits per heavy atom. The Labute approximate surface area is 157 Å². The number of nitrogens with one attached hydrogen (secondary N) is 1. The van der Waals surface area contributed by atoms with E-state index in [-0.39, 0.29) is 22.7 Å². The van der Waals surface area contributed by atoms with Gasteiger partial charge >= 0.3 is 13.3 Å². The third kappa shape index (κ3) is 5.29. The Bertz CT molecular complexity index is 780. The van der Waals surface area contributed by atoms with Crippen molar-refractivity contribution in [2.24, 2.45) is 0 Å². The number of benzene rings is 1. The molecule has 1 aromatic carbocycles. The van der Waals surface area contributed by atoms with Gasteiger partial charge in [0.25, 0.3) is 0 Å². The van der Waals surface area contributed by atoms with Gasteiger partial charge in [-0.05, 0) is 52.8 Å². The van der Waals surface area contributed by atoms with Gasteiger partial charge in [-0.2, -0.15) is 13.2 Å². The predicted octanol–water partition coefficient (Wildman–Crippen LogP) is 2.69. The average molecular weight is 409 g/mol. The summed E-state index contributed by atoms with van der Waals surface area (Å²) >= 11 is 0. The van der Waals surface area contributed by atoms with Gasteiger partial charge in [-0.15, -0.1) is 0 Å². The van der Waals surface area contributed by atoms with E-state index in [1.807, 2.05) is 0 Å². The molecule has 6 nitrogen and oxygen atoms in total. The number of halogens is 3. The minimum absolute atomic E-state index is 0.0923. The molecule has 2 rings (SSSR count). The van der Waals surface area contributed by atoms with Crippen LogP contribution < -0.4 is 14.9 Å². The van der Waals surface area contributed by atoms with Crippen molar-refractivity contribution in [1.29, 1.82) is 0 Å². The van der Waals surface area contributed by atoms with Crippen molar-refractivity contribution in [3.8, 4) is 5.75 Å². The molecule has 11 heteroatoms. The quantitative estimate of drug-likeness (QED) is 0.732. The van der Waals surface area contributed by atoms with Gasteiger partial charge in [-0.25, -0.2) is 8.42 Å². The highest BCUT2D eigenvalue weighted by Crippen LogP contribution is 2.37. The van der Waals surface area contributed by atoms with Gasteiger partial charge in [-0.3, -0.25) is 4.72 Å². The third-order valence-electron chi connectivity index (χ3n) is 4.56. The zero-order valence-corrected chi connectivity index (χ0v) is 16.6. The Morgan fingerprint density at radius 3 is 2.19 bits per heavy atom. The van der Waals surface area contributed by atoms with E-state index in [9.17, 15) is 21.6 Å². The Hall–Kier alpha value is -1.46. The molecule has 1 saturated heterocycles. The normalized spacial score (nSPS) is 19.2. The molecule has 0 saturated carbocycles. The fourth-order valence-corrected chi connectivity index (χ4v) is 2.94. The minimum atomic E-state index is -4.52. The molecule has 0 aromatic heterocycles. The summed E-state index contributed by atoms with van der Waals surface area (Å²) in [6.07, 6.45) is -4.52. The Morgan fingerprint density at radius 1 is 1.15 bits per heavy atom. The number of rotatable bonds is 6. The topological polar surface area (TPSA) is 73.9 Å². The lowest BCUT2D eigenvalue weighted by molar-refractivity contribution is -0.153. The number of hydrogen-bond donors (Lipinski definition) is 1. The first kappa shape index (κ1) is 21.8. The van der Waals surface area contributed by atoms with Crippen LogP contribution in [0.5, 0.6) is 5.75 Å². The van der Waals surface area contributed by atoms with Crippen molar-refractivity contribution >= 4 is 28.3 Å². The summed E-state index contributed by atoms with van der Waals surface area (Å²) in [4.78, 5) is 0. The fourth-order valence-electron chi connectivity index (χ4n) is 2.31. The molecule has 0 aliphatic carbocycles. The highest BCUT2D eigenvalue weighted by atomic mass is 32.2. The molecule has 0 radical (unpaired) electrons. The van der Waals surface area contributed by atoms with Crippen molar-refractivity contribution < 1.29 is 35.6 Å². The van der Waals surface area contributed by atoms with Crippen molar-refractivity contribution in [3.05, 3.63) is 18.2 Å². The minimum Gasteiger partial charge on any atom is -0.484 e. The molecule has 0 atom stereocenters. The van der Waals surface area contributed by atoms with Crippen LogP contribution in [0.2, 0.25) is 0 Å². The standard InChI is InChI=1S/C16H23BF3NO5S/c1-6-27(22,23)21-11-7-8-13(24-10-16(18,19)20)12(9-11)17-25-14(2,3)15(4,5)26-17/h7-9,21H,6,10H2,1-5H3. The predicted molar refractivity (Wildman–Crippen MR) is 96.8 cm³/mol. The molecule has 0 spiro atoms. The van der Waals surface area contributed by atoms with Crippen LogP contribution in [0.3, 0.4) is 0 Å². The summed E-state index contributed by atoms with van der Waals surface area (Å²) < 4.78 is 80.3. The van der Waals surface area contributed by atoms with Gasteiger partial charge in [0, 0.05) is 11.2 Å². The monoisotopic (exact) mass is 409 g/mol. The number of alkyl halides is 3. The largest absolute Gasteiger partial charge is 0.498 e. The van der Waals surface area contributed by atoms with E-state index in [4.69, 9.17) is 14.0 Å². The van der Waals surface area contributed by atoms with E-state index < -0.39 is 41.1 Å². The number of sulfonamides is 1. The molecular weight excluding hydrogens is 386 g/mol. The lowest BCUT2D eigenvalue weighted by atomic mass is 9.78. The van der Waals surface area contributed by atoms with Crippen molar-refractivity contribution in [1.82, 2.24) is 0 Å². The van der Waals surface area contributed by atoms with Crippen LogP contribution in [0.1, 0.15) is 34.6 Å². The van der Waals surface area contributed by atoms with Crippen molar-refractivity contribution in [3.63, 3.8) is 0 Å². The SMILES string of the molecule is CCS(=O)(=O)Nc1ccc(OCC(F)(F)F)c(B2OC(C)(C)C(C)(C)O2)c1. The van der Waals surface area contributed by atoms with Crippen LogP contribution in [0.4, 0.5) is 18.9 Å². The molecule has 1 aromatic rings. The summed E-state index contributed by atoms with van der Waals surface area (Å²) in [6, 6.07) is 3.95. The summed E-state index contributed by atoms with van der Waals surface area (Å²) in [6.45, 7) is 7.18. The Kier molecular flexibility index (Phi) is 5.80. The van der Waals surface area contributed by atoms with E-state index in [0.717, 1.165) is 0 Å². The Balaban J connectivity index is 2.40. The summed E-state index contributed by atoms with van der Waals surface area (Å²) in [5.41, 5.74) is -1.09. The molecule has 0 bridgehead atoms. The van der Waals surface area contributed by atoms with E-state index in [0.29, 0.717) is 0 Å². The van der Waals surface area contributed by atoms with Crippen LogP contribution in [-0.2, 0) is 19.3 Å². The average Bonchev–Trinajstić information content (AvgIpc) is 2.73. The second-order valence-electron chi connectivity index (χ2n) is 7.25. The molecule has 1 fully saturated rings. The van der Waals surface area contributed by atoms with Crippen molar-refractivity contribution in [2.75, 3.05) is 17.1 Å². The van der Waals surface area contributed by atoms with E-state index in [1.54, 1.807) is 27.7 Å². The molecule has 0 amide bonds. The zero-order chi connectivity index (χ0) is 20.7. The zero-order valence-electron chi connectivity index (χ0n) is 15.8. The van der Waals surface area contributed by atoms with Gasteiger partial charge < -0.3 is 14.0 Å². The maximum atomic E-state index is 12.6. The first-order valence-corrected chi connectivity index (χ1v) is 10.0. The van der Waals surface area contributed by atoms with Gasteiger partial charge in [0.15, 0.2) is 6.61 Å². The van der Waals surface area contributed by atoms with Crippen LogP contribution in [0.15, 0.2) is 18.2 Å². The molecule has 1 N–H and O–H groups in total. The molecule has 27 heavy (non-hydrogen) atoms. The fraction of sp³-hybridized carbons (Fsp3) is 0.625. The third-order valence-corrected chi connectivity index (χ3v) is 5.87. The first-order valence-electron chi connectivity index (χ1n) is 8.35. The van der Waals surface area contributed by atoms with Crippen LogP contribution in [0, 0.1) is 0 Å². The van der Waals surface area contributed by atoms with E-state index >= 15 is 0 Å². The molecule has 1 aliphatic rings. The second kappa shape index (κ2) is 7.18. The summed E-state index contributed by atoms with van der Waals surface area (Å²) in [5.74, 6) is -0.240. The van der Waals surface area contributed by atoms with Crippen LogP contribution >= 0.6 is 0 Å². The summed E-state index contributed by atoms with van der Waals surface area (Å²) in [5, 5.41) is 0. The van der Waals surface area contributed by atoms with Gasteiger partial charge in [0.2, 0.25) is 10.0 Å². The summed E-state index contributed by atoms with van der Waals surface area (Å²) in [7, 11) is -4.57. The first-order chi connectivity index (χ1) is 12.2. The van der Waals surface area contributed by atoms with Gasteiger partial charge in [0.05, 0.1) is 17.0 Å². The highest BCUT2D eigenvalue weighted by Gasteiger charge is 2.52. The molecule has 1 heterocycles. The molecule has 152 valence electrons. The number of ether oxygens (including phenoxy) is 1. The lowest BCUT2D eigenvalue weighted by Gasteiger charge is -2.32. The highest BCUT2D eigenvalue weighted by molar-refractivity contribution is 7.92. The maximum Gasteiger partial charge on any atom is 0.498 e. The van der Waals surface area contributed by atoms with E-state index in [2.05, 4.69) is 4.72 Å². The van der Waals surface area contributed by atoms with E-state index in [1.165, 1.54) is 25.1 Å². The van der Waals surface area contributed by atoms with Gasteiger partial charge in [0.1, 0.15) is 5.75 Å². The number of anilines is 1.